The van der Waals surface area contributed by atoms with Crippen LogP contribution in [0.3, 0.4) is 0 Å². The van der Waals surface area contributed by atoms with E-state index in [1.54, 1.807) is 7.11 Å². The van der Waals surface area contributed by atoms with Crippen LogP contribution in [-0.2, 0) is 10.2 Å². The molecular formula is C28H35NO. The molecule has 30 heavy (non-hydrogen) atoms. The van der Waals surface area contributed by atoms with E-state index in [1.807, 2.05) is 0 Å². The van der Waals surface area contributed by atoms with Crippen molar-refractivity contribution in [3.8, 4) is 0 Å². The number of nitrogens with one attached hydrogen (secondary N) is 1. The van der Waals surface area contributed by atoms with E-state index in [9.17, 15) is 0 Å². The summed E-state index contributed by atoms with van der Waals surface area (Å²) in [6, 6.07) is 11.5. The molecule has 2 aromatic carbocycles. The second-order valence-electron chi connectivity index (χ2n) is 9.26. The van der Waals surface area contributed by atoms with Gasteiger partial charge in [-0.05, 0) is 52.8 Å². The van der Waals surface area contributed by atoms with E-state index in [4.69, 9.17) is 4.74 Å². The van der Waals surface area contributed by atoms with Gasteiger partial charge in [0.1, 0.15) is 0 Å². The van der Waals surface area contributed by atoms with Crippen molar-refractivity contribution in [1.29, 1.82) is 0 Å². The molecule has 1 aliphatic heterocycles. The predicted molar refractivity (Wildman–Crippen MR) is 129 cm³/mol. The zero-order chi connectivity index (χ0) is 21.5. The lowest BCUT2D eigenvalue weighted by Gasteiger charge is -2.45. The molecule has 0 radical (unpaired) electrons. The van der Waals surface area contributed by atoms with E-state index in [0.29, 0.717) is 5.92 Å². The van der Waals surface area contributed by atoms with Crippen molar-refractivity contribution in [2.75, 3.05) is 13.7 Å². The van der Waals surface area contributed by atoms with E-state index in [0.717, 1.165) is 25.9 Å². The fraction of sp³-hybridized carbons (Fsp3) is 0.429. The first-order valence-electron chi connectivity index (χ1n) is 11.3. The van der Waals surface area contributed by atoms with Crippen molar-refractivity contribution in [3.05, 3.63) is 76.9 Å². The molecule has 0 saturated carbocycles. The average molecular weight is 402 g/mol. The molecule has 1 N–H and O–H groups in total. The van der Waals surface area contributed by atoms with Gasteiger partial charge in [0.15, 0.2) is 0 Å². The van der Waals surface area contributed by atoms with Crippen LogP contribution in [0.4, 0.5) is 0 Å². The van der Waals surface area contributed by atoms with Crippen LogP contribution in [-0.4, -0.2) is 19.8 Å². The average Bonchev–Trinajstić information content (AvgIpc) is 2.74. The molecule has 4 rings (SSSR count). The molecule has 0 fully saturated rings. The van der Waals surface area contributed by atoms with Crippen LogP contribution < -0.4 is 5.32 Å². The van der Waals surface area contributed by atoms with Crippen molar-refractivity contribution in [2.45, 2.75) is 64.3 Å². The molecule has 158 valence electrons. The lowest BCUT2D eigenvalue weighted by atomic mass is 9.63. The monoisotopic (exact) mass is 401 g/mol. The summed E-state index contributed by atoms with van der Waals surface area (Å²) >= 11 is 0. The molecule has 2 unspecified atom stereocenters. The van der Waals surface area contributed by atoms with Crippen LogP contribution in [0.2, 0.25) is 0 Å². The maximum Gasteiger partial charge on any atom is 0.0511 e. The van der Waals surface area contributed by atoms with Gasteiger partial charge in [0.05, 0.1) is 6.04 Å². The number of allylic oxidation sites excluding steroid dienone is 3. The van der Waals surface area contributed by atoms with E-state index >= 15 is 0 Å². The smallest absolute Gasteiger partial charge is 0.0511 e. The van der Waals surface area contributed by atoms with Crippen molar-refractivity contribution in [1.82, 2.24) is 5.32 Å². The van der Waals surface area contributed by atoms with E-state index in [-0.39, 0.29) is 11.5 Å². The zero-order valence-corrected chi connectivity index (χ0v) is 19.1. The highest BCUT2D eigenvalue weighted by Crippen LogP contribution is 2.53. The van der Waals surface area contributed by atoms with Gasteiger partial charge in [0.2, 0.25) is 0 Å². The topological polar surface area (TPSA) is 21.3 Å². The normalized spacial score (nSPS) is 23.4. The number of benzene rings is 2. The molecule has 1 aliphatic carbocycles. The third-order valence-corrected chi connectivity index (χ3v) is 7.08. The maximum atomic E-state index is 5.48. The van der Waals surface area contributed by atoms with Gasteiger partial charge in [-0.2, -0.15) is 0 Å². The lowest BCUT2D eigenvalue weighted by Crippen LogP contribution is -2.42. The largest absolute Gasteiger partial charge is 0.385 e. The second kappa shape index (κ2) is 8.07. The number of ether oxygens (including phenoxy) is 1. The van der Waals surface area contributed by atoms with Crippen LogP contribution in [0.1, 0.15) is 69.6 Å². The summed E-state index contributed by atoms with van der Waals surface area (Å²) in [7, 11) is 1.79. The predicted octanol–water partition coefficient (Wildman–Crippen LogP) is 6.87. The van der Waals surface area contributed by atoms with Crippen LogP contribution in [0.5, 0.6) is 0 Å². The molecule has 1 heterocycles. The van der Waals surface area contributed by atoms with E-state index in [2.05, 4.69) is 82.1 Å². The summed E-state index contributed by atoms with van der Waals surface area (Å²) in [5.74, 6) is 0.356. The first-order chi connectivity index (χ1) is 14.5. The summed E-state index contributed by atoms with van der Waals surface area (Å²) in [5.41, 5.74) is 8.43. The Hall–Kier alpha value is -2.32. The molecule has 0 saturated heterocycles. The Morgan fingerprint density at radius 1 is 1.23 bits per heavy atom. The maximum absolute atomic E-state index is 5.48. The fourth-order valence-electron chi connectivity index (χ4n) is 5.65. The summed E-state index contributed by atoms with van der Waals surface area (Å²) in [5, 5.41) is 6.59. The Morgan fingerprint density at radius 3 is 2.70 bits per heavy atom. The van der Waals surface area contributed by atoms with Crippen LogP contribution >= 0.6 is 0 Å². The molecule has 0 spiro atoms. The Bertz CT molecular complexity index is 1040. The van der Waals surface area contributed by atoms with Gasteiger partial charge in [-0.15, -0.1) is 6.58 Å². The van der Waals surface area contributed by atoms with Crippen LogP contribution in [0, 0.1) is 0 Å². The molecular weight excluding hydrogens is 366 g/mol. The first kappa shape index (κ1) is 20.9. The summed E-state index contributed by atoms with van der Waals surface area (Å²) in [4.78, 5) is 0. The summed E-state index contributed by atoms with van der Waals surface area (Å²) < 4.78 is 5.48. The quantitative estimate of drug-likeness (QED) is 0.534. The van der Waals surface area contributed by atoms with Crippen molar-refractivity contribution < 1.29 is 4.74 Å². The minimum atomic E-state index is -0.0395. The number of unbranched alkanes of at least 4 members (excludes halogenated alkanes) is 1. The molecule has 2 nitrogen and oxygen atoms in total. The van der Waals surface area contributed by atoms with Gasteiger partial charge >= 0.3 is 0 Å². The highest BCUT2D eigenvalue weighted by atomic mass is 16.5. The molecule has 2 aromatic rings. The molecule has 0 bridgehead atoms. The highest BCUT2D eigenvalue weighted by Gasteiger charge is 2.42. The van der Waals surface area contributed by atoms with Gasteiger partial charge < -0.3 is 10.1 Å². The van der Waals surface area contributed by atoms with Gasteiger partial charge in [0, 0.05) is 36.3 Å². The molecule has 2 atom stereocenters. The Balaban J connectivity index is 2.09. The van der Waals surface area contributed by atoms with E-state index < -0.39 is 0 Å². The standard InChI is InChI=1S/C28H35NO/c1-7-9-14-23-18(3)27-25-22(21(15-16-30-6)24(8-2)29-27)17-19-12-10-11-13-20(19)26(25)28(23,4)5/h8,10-14,17,21,24,29H,2,7,9,15-16H2,1,3-6H3/b23-14+. The number of fused-ring (bicyclic) bond motifs is 2. The van der Waals surface area contributed by atoms with Gasteiger partial charge in [-0.3, -0.25) is 0 Å². The highest BCUT2D eigenvalue weighted by molar-refractivity contribution is 5.97. The van der Waals surface area contributed by atoms with Crippen molar-refractivity contribution in [3.63, 3.8) is 0 Å². The van der Waals surface area contributed by atoms with Gasteiger partial charge in [-0.1, -0.05) is 69.7 Å². The van der Waals surface area contributed by atoms with Crippen LogP contribution in [0.25, 0.3) is 16.5 Å². The number of rotatable bonds is 6. The zero-order valence-electron chi connectivity index (χ0n) is 19.1. The van der Waals surface area contributed by atoms with Crippen molar-refractivity contribution >= 4 is 16.5 Å². The molecule has 2 aliphatic rings. The lowest BCUT2D eigenvalue weighted by molar-refractivity contribution is 0.184. The first-order valence-corrected chi connectivity index (χ1v) is 11.3. The molecule has 2 heteroatoms. The third-order valence-electron chi connectivity index (χ3n) is 7.08. The van der Waals surface area contributed by atoms with E-state index in [1.165, 1.54) is 44.3 Å². The van der Waals surface area contributed by atoms with Crippen LogP contribution in [0.15, 0.2) is 60.2 Å². The number of methoxy groups -OCH3 is 1. The summed E-state index contributed by atoms with van der Waals surface area (Å²) in [6.45, 7) is 14.3. The Labute approximate surface area is 181 Å². The minimum absolute atomic E-state index is 0.0395. The number of hydrogen-bond donors (Lipinski definition) is 1. The molecule has 0 amide bonds. The SMILES string of the molecule is C=CC1NC2=C(C)/C(=C\CCC)C(C)(C)c3c2c(cc2ccccc32)C1CCOC. The second-order valence-corrected chi connectivity index (χ2v) is 9.26. The Morgan fingerprint density at radius 2 is 2.00 bits per heavy atom. The number of hydrogen-bond acceptors (Lipinski definition) is 2. The minimum Gasteiger partial charge on any atom is -0.385 e. The van der Waals surface area contributed by atoms with Gasteiger partial charge in [-0.25, -0.2) is 0 Å². The van der Waals surface area contributed by atoms with Crippen molar-refractivity contribution in [2.24, 2.45) is 0 Å². The fourth-order valence-corrected chi connectivity index (χ4v) is 5.65. The Kier molecular flexibility index (Phi) is 5.63. The summed E-state index contributed by atoms with van der Waals surface area (Å²) in [6.07, 6.45) is 7.80. The molecule has 0 aromatic heterocycles. The van der Waals surface area contributed by atoms with Gasteiger partial charge in [0.25, 0.3) is 0 Å². The third kappa shape index (κ3) is 3.13.